The highest BCUT2D eigenvalue weighted by atomic mass is 16.4. The first kappa shape index (κ1) is 9.69. The number of hydrogen-bond donors (Lipinski definition) is 1. The van der Waals surface area contributed by atoms with Gasteiger partial charge in [-0.25, -0.2) is 9.78 Å². The van der Waals surface area contributed by atoms with Crippen molar-refractivity contribution in [2.75, 3.05) is 6.54 Å². The molecule has 16 heavy (non-hydrogen) atoms. The van der Waals surface area contributed by atoms with Crippen LogP contribution in [0.2, 0.25) is 0 Å². The van der Waals surface area contributed by atoms with Crippen molar-refractivity contribution in [2.24, 2.45) is 5.92 Å². The predicted molar refractivity (Wildman–Crippen MR) is 57.1 cm³/mol. The number of hydrogen-bond acceptors (Lipinski definition) is 2. The highest BCUT2D eigenvalue weighted by Crippen LogP contribution is 2.31. The molecule has 1 aromatic rings. The van der Waals surface area contributed by atoms with Crippen LogP contribution in [0, 0.1) is 5.92 Å². The highest BCUT2D eigenvalue weighted by molar-refractivity contribution is 5.65. The Hall–Kier alpha value is -1.52. The van der Waals surface area contributed by atoms with Gasteiger partial charge in [0.05, 0.1) is 24.3 Å². The van der Waals surface area contributed by atoms with Crippen LogP contribution in [-0.4, -0.2) is 32.2 Å². The predicted octanol–water partition coefficient (Wildman–Crippen LogP) is 1.33. The van der Waals surface area contributed by atoms with Crippen LogP contribution in [-0.2, 0) is 19.5 Å². The SMILES string of the molecule is O=C(O)N1CCc2ncn(CC3CC3)c2C1. The lowest BCUT2D eigenvalue weighted by molar-refractivity contribution is 0.138. The minimum atomic E-state index is -0.829. The van der Waals surface area contributed by atoms with E-state index in [0.29, 0.717) is 13.1 Å². The smallest absolute Gasteiger partial charge is 0.407 e. The number of fused-ring (bicyclic) bond motifs is 1. The van der Waals surface area contributed by atoms with Gasteiger partial charge in [-0.15, -0.1) is 0 Å². The third-order valence-corrected chi connectivity index (χ3v) is 3.41. The van der Waals surface area contributed by atoms with Crippen molar-refractivity contribution in [3.63, 3.8) is 0 Å². The fourth-order valence-electron chi connectivity index (χ4n) is 2.24. The molecule has 1 amide bonds. The second kappa shape index (κ2) is 3.50. The van der Waals surface area contributed by atoms with Crippen LogP contribution < -0.4 is 0 Å². The summed E-state index contributed by atoms with van der Waals surface area (Å²) >= 11 is 0. The molecule has 5 nitrogen and oxygen atoms in total. The van der Waals surface area contributed by atoms with Gasteiger partial charge in [0.1, 0.15) is 0 Å². The largest absolute Gasteiger partial charge is 0.465 e. The molecule has 5 heteroatoms. The standard InChI is InChI=1S/C11H15N3O2/c15-11(16)13-4-3-9-10(6-13)14(7-12-9)5-8-1-2-8/h7-8H,1-6H2,(H,15,16). The lowest BCUT2D eigenvalue weighted by Gasteiger charge is -2.24. The Morgan fingerprint density at radius 2 is 2.38 bits per heavy atom. The molecule has 1 saturated carbocycles. The molecule has 86 valence electrons. The molecule has 0 aromatic carbocycles. The lowest BCUT2D eigenvalue weighted by atomic mass is 10.1. The van der Waals surface area contributed by atoms with Gasteiger partial charge in [-0.2, -0.15) is 0 Å². The van der Waals surface area contributed by atoms with E-state index in [2.05, 4.69) is 9.55 Å². The highest BCUT2D eigenvalue weighted by Gasteiger charge is 2.27. The number of aromatic nitrogens is 2. The Kier molecular flexibility index (Phi) is 2.12. The zero-order chi connectivity index (χ0) is 11.1. The molecule has 1 aliphatic heterocycles. The number of carbonyl (C=O) groups is 1. The zero-order valence-electron chi connectivity index (χ0n) is 9.09. The Morgan fingerprint density at radius 3 is 3.06 bits per heavy atom. The summed E-state index contributed by atoms with van der Waals surface area (Å²) in [5.74, 6) is 0.790. The molecule has 0 radical (unpaired) electrons. The van der Waals surface area contributed by atoms with Crippen LogP contribution in [0.5, 0.6) is 0 Å². The Bertz CT molecular complexity index is 423. The molecule has 3 rings (SSSR count). The maximum atomic E-state index is 10.9. The molecule has 0 spiro atoms. The first-order valence-corrected chi connectivity index (χ1v) is 5.75. The van der Waals surface area contributed by atoms with Crippen LogP contribution in [0.4, 0.5) is 4.79 Å². The monoisotopic (exact) mass is 221 g/mol. The summed E-state index contributed by atoms with van der Waals surface area (Å²) in [4.78, 5) is 16.8. The van der Waals surface area contributed by atoms with E-state index in [1.54, 1.807) is 0 Å². The van der Waals surface area contributed by atoms with E-state index in [1.807, 2.05) is 6.33 Å². The van der Waals surface area contributed by atoms with Gasteiger partial charge in [-0.1, -0.05) is 0 Å². The Labute approximate surface area is 93.7 Å². The van der Waals surface area contributed by atoms with E-state index >= 15 is 0 Å². The fraction of sp³-hybridized carbons (Fsp3) is 0.636. The number of rotatable bonds is 2. The second-order valence-electron chi connectivity index (χ2n) is 4.69. The van der Waals surface area contributed by atoms with Crippen molar-refractivity contribution in [1.29, 1.82) is 0 Å². The van der Waals surface area contributed by atoms with Gasteiger partial charge in [-0.3, -0.25) is 0 Å². The summed E-state index contributed by atoms with van der Waals surface area (Å²) in [6.45, 7) is 2.08. The normalized spacial score (nSPS) is 19.6. The summed E-state index contributed by atoms with van der Waals surface area (Å²) in [7, 11) is 0. The van der Waals surface area contributed by atoms with Gasteiger partial charge < -0.3 is 14.6 Å². The molecular formula is C11H15N3O2. The molecular weight excluding hydrogens is 206 g/mol. The van der Waals surface area contributed by atoms with Crippen molar-refractivity contribution >= 4 is 6.09 Å². The maximum Gasteiger partial charge on any atom is 0.407 e. The van der Waals surface area contributed by atoms with E-state index in [1.165, 1.54) is 17.7 Å². The van der Waals surface area contributed by atoms with Crippen molar-refractivity contribution in [3.05, 3.63) is 17.7 Å². The summed E-state index contributed by atoms with van der Waals surface area (Å²) in [5, 5.41) is 8.98. The van der Waals surface area contributed by atoms with Gasteiger partial charge in [0.25, 0.3) is 0 Å². The molecule has 0 atom stereocenters. The molecule has 0 unspecified atom stereocenters. The summed E-state index contributed by atoms with van der Waals surface area (Å²) in [5.41, 5.74) is 2.18. The van der Waals surface area contributed by atoms with Crippen LogP contribution in [0.25, 0.3) is 0 Å². The van der Waals surface area contributed by atoms with E-state index in [-0.39, 0.29) is 0 Å². The summed E-state index contributed by atoms with van der Waals surface area (Å²) in [6.07, 6.45) is 4.39. The van der Waals surface area contributed by atoms with E-state index in [9.17, 15) is 4.79 Å². The molecule has 1 fully saturated rings. The molecule has 2 aliphatic rings. The van der Waals surface area contributed by atoms with Gasteiger partial charge >= 0.3 is 6.09 Å². The number of imidazole rings is 1. The van der Waals surface area contributed by atoms with Crippen molar-refractivity contribution < 1.29 is 9.90 Å². The molecule has 1 aliphatic carbocycles. The minimum Gasteiger partial charge on any atom is -0.465 e. The molecule has 1 aromatic heterocycles. The summed E-state index contributed by atoms with van der Waals surface area (Å²) < 4.78 is 2.14. The second-order valence-corrected chi connectivity index (χ2v) is 4.69. The van der Waals surface area contributed by atoms with Crippen molar-refractivity contribution in [1.82, 2.24) is 14.5 Å². The van der Waals surface area contributed by atoms with E-state index in [4.69, 9.17) is 5.11 Å². The zero-order valence-corrected chi connectivity index (χ0v) is 9.09. The lowest BCUT2D eigenvalue weighted by Crippen LogP contribution is -2.35. The third-order valence-electron chi connectivity index (χ3n) is 3.41. The number of carboxylic acid groups (broad SMARTS) is 1. The Morgan fingerprint density at radius 1 is 1.56 bits per heavy atom. The maximum absolute atomic E-state index is 10.9. The third kappa shape index (κ3) is 1.66. The van der Waals surface area contributed by atoms with E-state index < -0.39 is 6.09 Å². The van der Waals surface area contributed by atoms with Crippen molar-refractivity contribution in [2.45, 2.75) is 32.4 Å². The fourth-order valence-corrected chi connectivity index (χ4v) is 2.24. The van der Waals surface area contributed by atoms with Gasteiger partial charge in [0.2, 0.25) is 0 Å². The molecule has 1 N–H and O–H groups in total. The molecule has 0 bridgehead atoms. The van der Waals surface area contributed by atoms with Gasteiger partial charge in [-0.05, 0) is 18.8 Å². The van der Waals surface area contributed by atoms with Gasteiger partial charge in [0, 0.05) is 19.5 Å². The molecule has 0 saturated heterocycles. The number of amides is 1. The van der Waals surface area contributed by atoms with Gasteiger partial charge in [0.15, 0.2) is 0 Å². The summed E-state index contributed by atoms with van der Waals surface area (Å²) in [6, 6.07) is 0. The first-order chi connectivity index (χ1) is 7.74. The topological polar surface area (TPSA) is 58.4 Å². The van der Waals surface area contributed by atoms with E-state index in [0.717, 1.165) is 30.3 Å². The van der Waals surface area contributed by atoms with Crippen LogP contribution in [0.3, 0.4) is 0 Å². The van der Waals surface area contributed by atoms with Crippen molar-refractivity contribution in [3.8, 4) is 0 Å². The van der Waals surface area contributed by atoms with Crippen LogP contribution in [0.1, 0.15) is 24.2 Å². The van der Waals surface area contributed by atoms with Crippen LogP contribution in [0.15, 0.2) is 6.33 Å². The molecule has 2 heterocycles. The number of nitrogens with zero attached hydrogens (tertiary/aromatic N) is 3. The minimum absolute atomic E-state index is 0.497. The first-order valence-electron chi connectivity index (χ1n) is 5.75. The van der Waals surface area contributed by atoms with Crippen LogP contribution >= 0.6 is 0 Å². The average Bonchev–Trinajstić information content (AvgIpc) is 2.99. The Balaban J connectivity index is 1.82. The average molecular weight is 221 g/mol. The quantitative estimate of drug-likeness (QED) is 0.819.